The Hall–Kier alpha value is -1.82. The van der Waals surface area contributed by atoms with E-state index in [1.54, 1.807) is 0 Å². The monoisotopic (exact) mass is 202 g/mol. The third-order valence-corrected chi connectivity index (χ3v) is 2.04. The topological polar surface area (TPSA) is 52.9 Å². The maximum atomic E-state index is 11.6. The summed E-state index contributed by atoms with van der Waals surface area (Å²) in [7, 11) is 0. The smallest absolute Gasteiger partial charge is 0.251 e. The summed E-state index contributed by atoms with van der Waals surface area (Å²) in [6.07, 6.45) is 8.88. The summed E-state index contributed by atoms with van der Waals surface area (Å²) in [6.45, 7) is 2.37. The van der Waals surface area contributed by atoms with Crippen molar-refractivity contribution in [2.24, 2.45) is 0 Å². The molecule has 0 saturated heterocycles. The van der Waals surface area contributed by atoms with Crippen molar-refractivity contribution >= 4 is 5.91 Å². The van der Waals surface area contributed by atoms with E-state index in [-0.39, 0.29) is 5.91 Å². The van der Waals surface area contributed by atoms with Crippen molar-refractivity contribution in [3.05, 3.63) is 35.5 Å². The number of nitriles is 1. The van der Waals surface area contributed by atoms with Crippen LogP contribution in [-0.4, -0.2) is 12.5 Å². The molecular formula is C12H14N2O. The molecule has 0 radical (unpaired) electrons. The maximum absolute atomic E-state index is 11.6. The van der Waals surface area contributed by atoms with Gasteiger partial charge in [-0.1, -0.05) is 23.8 Å². The van der Waals surface area contributed by atoms with Crippen molar-refractivity contribution in [3.8, 4) is 6.07 Å². The maximum Gasteiger partial charge on any atom is 0.251 e. The summed E-state index contributed by atoms with van der Waals surface area (Å²) in [5.74, 6) is -0.115. The van der Waals surface area contributed by atoms with Crippen molar-refractivity contribution in [2.75, 3.05) is 6.54 Å². The van der Waals surface area contributed by atoms with Gasteiger partial charge in [-0.15, -0.1) is 0 Å². The quantitative estimate of drug-likeness (QED) is 0.710. The van der Waals surface area contributed by atoms with Crippen LogP contribution in [0, 0.1) is 11.3 Å². The predicted octanol–water partition coefficient (Wildman–Crippen LogP) is 1.85. The largest absolute Gasteiger partial charge is 0.351 e. The molecule has 0 fully saturated rings. The molecule has 1 N–H and O–H groups in total. The van der Waals surface area contributed by atoms with Gasteiger partial charge in [0, 0.05) is 12.1 Å². The van der Waals surface area contributed by atoms with Gasteiger partial charge in [-0.3, -0.25) is 4.79 Å². The van der Waals surface area contributed by atoms with E-state index in [0.717, 1.165) is 12.0 Å². The molecule has 0 aliphatic heterocycles. The fourth-order valence-electron chi connectivity index (χ4n) is 1.28. The second kappa shape index (κ2) is 5.82. The fourth-order valence-corrected chi connectivity index (χ4v) is 1.28. The van der Waals surface area contributed by atoms with Crippen LogP contribution >= 0.6 is 0 Å². The normalized spacial score (nSPS) is 14.7. The highest BCUT2D eigenvalue weighted by Crippen LogP contribution is 2.10. The molecule has 0 spiro atoms. The van der Waals surface area contributed by atoms with Crippen molar-refractivity contribution in [2.45, 2.75) is 19.8 Å². The first-order chi connectivity index (χ1) is 7.24. The van der Waals surface area contributed by atoms with E-state index in [9.17, 15) is 4.79 Å². The van der Waals surface area contributed by atoms with Gasteiger partial charge in [-0.2, -0.15) is 5.26 Å². The molecule has 0 aromatic heterocycles. The van der Waals surface area contributed by atoms with Gasteiger partial charge in [0.25, 0.3) is 5.91 Å². The molecule has 0 unspecified atom stereocenters. The molecule has 0 heterocycles. The average molecular weight is 202 g/mol. The predicted molar refractivity (Wildman–Crippen MR) is 58.8 cm³/mol. The molecule has 0 aromatic rings. The lowest BCUT2D eigenvalue weighted by atomic mass is 10.1. The first-order valence-electron chi connectivity index (χ1n) is 4.94. The van der Waals surface area contributed by atoms with E-state index >= 15 is 0 Å². The van der Waals surface area contributed by atoms with E-state index in [4.69, 9.17) is 5.26 Å². The molecule has 3 nitrogen and oxygen atoms in total. The zero-order valence-corrected chi connectivity index (χ0v) is 8.79. The van der Waals surface area contributed by atoms with E-state index < -0.39 is 0 Å². The summed E-state index contributed by atoms with van der Waals surface area (Å²) in [4.78, 5) is 11.6. The van der Waals surface area contributed by atoms with E-state index in [1.807, 2.05) is 31.2 Å². The van der Waals surface area contributed by atoms with Gasteiger partial charge in [0.05, 0.1) is 12.5 Å². The molecular weight excluding hydrogens is 188 g/mol. The van der Waals surface area contributed by atoms with Crippen molar-refractivity contribution in [3.63, 3.8) is 0 Å². The van der Waals surface area contributed by atoms with Crippen LogP contribution in [0.25, 0.3) is 0 Å². The lowest BCUT2D eigenvalue weighted by molar-refractivity contribution is -0.117. The van der Waals surface area contributed by atoms with Crippen LogP contribution in [0.4, 0.5) is 0 Å². The van der Waals surface area contributed by atoms with Gasteiger partial charge in [0.1, 0.15) is 0 Å². The molecule has 0 atom stereocenters. The van der Waals surface area contributed by atoms with Crippen LogP contribution in [-0.2, 0) is 4.79 Å². The van der Waals surface area contributed by atoms with Crippen LogP contribution < -0.4 is 5.32 Å². The summed E-state index contributed by atoms with van der Waals surface area (Å²) in [5, 5.41) is 11.0. The zero-order chi connectivity index (χ0) is 11.1. The fraction of sp³-hybridized carbons (Fsp3) is 0.333. The summed E-state index contributed by atoms with van der Waals surface area (Å²) >= 11 is 0. The highest BCUT2D eigenvalue weighted by atomic mass is 16.1. The van der Waals surface area contributed by atoms with Gasteiger partial charge in [-0.25, -0.2) is 0 Å². The highest BCUT2D eigenvalue weighted by Gasteiger charge is 2.06. The van der Waals surface area contributed by atoms with Crippen LogP contribution in [0.2, 0.25) is 0 Å². The van der Waals surface area contributed by atoms with Gasteiger partial charge in [0.2, 0.25) is 0 Å². The molecule has 0 bridgehead atoms. The minimum Gasteiger partial charge on any atom is -0.351 e. The highest BCUT2D eigenvalue weighted by molar-refractivity contribution is 5.96. The molecule has 3 heteroatoms. The third-order valence-electron chi connectivity index (χ3n) is 2.04. The Morgan fingerprint density at radius 2 is 2.47 bits per heavy atom. The van der Waals surface area contributed by atoms with E-state index in [0.29, 0.717) is 18.5 Å². The number of nitrogens with zero attached hydrogens (tertiary/aromatic N) is 1. The number of carbonyl (C=O) groups is 1. The van der Waals surface area contributed by atoms with Gasteiger partial charge in [0.15, 0.2) is 0 Å². The summed E-state index contributed by atoms with van der Waals surface area (Å²) in [6, 6.07) is 1.98. The van der Waals surface area contributed by atoms with Crippen LogP contribution in [0.15, 0.2) is 35.5 Å². The Morgan fingerprint density at radius 1 is 1.67 bits per heavy atom. The first-order valence-corrected chi connectivity index (χ1v) is 4.94. The van der Waals surface area contributed by atoms with Gasteiger partial charge in [-0.05, 0) is 19.4 Å². The number of rotatable bonds is 3. The number of amides is 1. The second-order valence-corrected chi connectivity index (χ2v) is 3.35. The Kier molecular flexibility index (Phi) is 4.36. The van der Waals surface area contributed by atoms with Crippen molar-refractivity contribution in [1.29, 1.82) is 5.26 Å². The number of nitrogens with one attached hydrogen (secondary N) is 1. The zero-order valence-electron chi connectivity index (χ0n) is 8.79. The Bertz CT molecular complexity index is 370. The first kappa shape index (κ1) is 11.3. The second-order valence-electron chi connectivity index (χ2n) is 3.35. The number of allylic oxidation sites excluding steroid dienone is 4. The molecule has 0 saturated carbocycles. The molecule has 78 valence electrons. The molecule has 0 aromatic carbocycles. The molecule has 1 amide bonds. The van der Waals surface area contributed by atoms with Crippen molar-refractivity contribution in [1.82, 2.24) is 5.32 Å². The van der Waals surface area contributed by atoms with Crippen LogP contribution in [0.5, 0.6) is 0 Å². The van der Waals surface area contributed by atoms with Gasteiger partial charge < -0.3 is 5.32 Å². The lowest BCUT2D eigenvalue weighted by Crippen LogP contribution is -2.25. The number of hydrogen-bond acceptors (Lipinski definition) is 2. The Balaban J connectivity index is 2.59. The molecule has 1 aliphatic carbocycles. The number of carbonyl (C=O) groups excluding carboxylic acids is 1. The Labute approximate surface area is 89.8 Å². The van der Waals surface area contributed by atoms with E-state index in [1.165, 1.54) is 0 Å². The van der Waals surface area contributed by atoms with Crippen LogP contribution in [0.1, 0.15) is 19.8 Å². The number of hydrogen-bond donors (Lipinski definition) is 1. The third kappa shape index (κ3) is 3.82. The Morgan fingerprint density at radius 3 is 3.20 bits per heavy atom. The minimum atomic E-state index is -0.115. The van der Waals surface area contributed by atoms with Crippen LogP contribution in [0.3, 0.4) is 0 Å². The van der Waals surface area contributed by atoms with Gasteiger partial charge >= 0.3 is 0 Å². The molecule has 1 rings (SSSR count). The standard InChI is InChI=1S/C12H14N2O/c1-10-5-2-3-6-11(9-10)12(15)14-8-4-7-13/h3,5-6,9H,2,4,8H2,1H3,(H,14,15). The van der Waals surface area contributed by atoms with Crippen molar-refractivity contribution < 1.29 is 4.79 Å². The lowest BCUT2D eigenvalue weighted by Gasteiger charge is -2.02. The minimum absolute atomic E-state index is 0.115. The summed E-state index contributed by atoms with van der Waals surface area (Å²) in [5.41, 5.74) is 1.74. The summed E-state index contributed by atoms with van der Waals surface area (Å²) < 4.78 is 0. The van der Waals surface area contributed by atoms with E-state index in [2.05, 4.69) is 11.4 Å². The molecule has 1 aliphatic rings. The SMILES string of the molecule is CC1=CCC=CC(C(=O)NCCC#N)=C1. The average Bonchev–Trinajstić information content (AvgIpc) is 2.43. The molecule has 15 heavy (non-hydrogen) atoms.